The first-order valence-corrected chi connectivity index (χ1v) is 7.36. The van der Waals surface area contributed by atoms with E-state index in [1.54, 1.807) is 11.8 Å². The summed E-state index contributed by atoms with van der Waals surface area (Å²) in [5.74, 6) is 0.574. The van der Waals surface area contributed by atoms with E-state index in [0.717, 1.165) is 0 Å². The zero-order valence-electron chi connectivity index (χ0n) is 12.8. The highest BCUT2D eigenvalue weighted by molar-refractivity contribution is 5.76. The quantitative estimate of drug-likeness (QED) is 0.772. The maximum Gasteiger partial charge on any atom is 0.266 e. The average molecular weight is 319 g/mol. The molecule has 3 heterocycles. The highest BCUT2D eigenvalue weighted by Gasteiger charge is 2.18. The van der Waals surface area contributed by atoms with Gasteiger partial charge in [0.05, 0.1) is 19.5 Å². The minimum atomic E-state index is -0.307. The molecule has 122 valence electrons. The molecular weight excluding hydrogens is 302 g/mol. The largest absolute Gasteiger partial charge is 0.378 e. The fraction of sp³-hybridized carbons (Fsp3) is 0.500. The van der Waals surface area contributed by atoms with Gasteiger partial charge in [0.25, 0.3) is 11.4 Å². The van der Waals surface area contributed by atoms with Crippen molar-refractivity contribution >= 4 is 5.91 Å². The van der Waals surface area contributed by atoms with Gasteiger partial charge in [-0.25, -0.2) is 4.98 Å². The summed E-state index contributed by atoms with van der Waals surface area (Å²) < 4.78 is 11.6. The standard InChI is InChI=1S/C14H17N5O4/c1-10-16-13(23-17-10)11-8-15-9-19(14(11)21)3-2-12(20)18-4-6-22-7-5-18/h8-9H,2-7H2,1H3. The summed E-state index contributed by atoms with van der Waals surface area (Å²) in [5, 5.41) is 3.66. The van der Waals surface area contributed by atoms with Crippen molar-refractivity contribution in [3.63, 3.8) is 0 Å². The van der Waals surface area contributed by atoms with E-state index in [2.05, 4.69) is 15.1 Å². The van der Waals surface area contributed by atoms with Crippen molar-refractivity contribution in [1.29, 1.82) is 0 Å². The Morgan fingerprint density at radius 2 is 2.13 bits per heavy atom. The second-order valence-electron chi connectivity index (χ2n) is 5.20. The van der Waals surface area contributed by atoms with E-state index >= 15 is 0 Å². The smallest absolute Gasteiger partial charge is 0.266 e. The first-order valence-electron chi connectivity index (χ1n) is 7.36. The van der Waals surface area contributed by atoms with Crippen molar-refractivity contribution in [2.75, 3.05) is 26.3 Å². The van der Waals surface area contributed by atoms with Gasteiger partial charge in [-0.2, -0.15) is 4.98 Å². The van der Waals surface area contributed by atoms with Gasteiger partial charge in [0.1, 0.15) is 5.56 Å². The van der Waals surface area contributed by atoms with Crippen molar-refractivity contribution in [2.24, 2.45) is 0 Å². The van der Waals surface area contributed by atoms with E-state index in [-0.39, 0.29) is 35.9 Å². The number of aryl methyl sites for hydroxylation is 2. The van der Waals surface area contributed by atoms with Crippen LogP contribution in [0.1, 0.15) is 12.2 Å². The van der Waals surface area contributed by atoms with Crippen LogP contribution in [0.4, 0.5) is 0 Å². The molecule has 0 aromatic carbocycles. The third-order valence-corrected chi connectivity index (χ3v) is 3.59. The van der Waals surface area contributed by atoms with Crippen LogP contribution in [-0.2, 0) is 16.1 Å². The van der Waals surface area contributed by atoms with Gasteiger partial charge >= 0.3 is 0 Å². The van der Waals surface area contributed by atoms with Gasteiger partial charge in [0, 0.05) is 32.3 Å². The highest BCUT2D eigenvalue weighted by Crippen LogP contribution is 2.10. The van der Waals surface area contributed by atoms with Crippen LogP contribution in [-0.4, -0.2) is 56.8 Å². The van der Waals surface area contributed by atoms with Crippen LogP contribution in [0, 0.1) is 6.92 Å². The zero-order chi connectivity index (χ0) is 16.2. The van der Waals surface area contributed by atoms with Gasteiger partial charge < -0.3 is 14.2 Å². The number of carbonyl (C=O) groups excluding carboxylic acids is 1. The molecule has 3 rings (SSSR count). The lowest BCUT2D eigenvalue weighted by atomic mass is 10.3. The molecule has 23 heavy (non-hydrogen) atoms. The summed E-state index contributed by atoms with van der Waals surface area (Å²) in [6.45, 7) is 4.21. The third kappa shape index (κ3) is 3.45. The Hall–Kier alpha value is -2.55. The fourth-order valence-corrected chi connectivity index (χ4v) is 2.35. The SMILES string of the molecule is Cc1noc(-c2cncn(CCC(=O)N3CCOCC3)c2=O)n1. The Morgan fingerprint density at radius 3 is 2.83 bits per heavy atom. The van der Waals surface area contributed by atoms with Crippen molar-refractivity contribution in [1.82, 2.24) is 24.6 Å². The van der Waals surface area contributed by atoms with Gasteiger partial charge in [0.15, 0.2) is 5.82 Å². The normalized spacial score (nSPS) is 14.9. The monoisotopic (exact) mass is 319 g/mol. The number of hydrogen-bond donors (Lipinski definition) is 0. The molecule has 0 atom stereocenters. The number of nitrogens with zero attached hydrogens (tertiary/aromatic N) is 5. The molecule has 1 aliphatic heterocycles. The number of hydrogen-bond acceptors (Lipinski definition) is 7. The van der Waals surface area contributed by atoms with Crippen molar-refractivity contribution in [3.8, 4) is 11.5 Å². The summed E-state index contributed by atoms with van der Waals surface area (Å²) in [7, 11) is 0. The fourth-order valence-electron chi connectivity index (χ4n) is 2.35. The first kappa shape index (κ1) is 15.3. The minimum Gasteiger partial charge on any atom is -0.378 e. The van der Waals surface area contributed by atoms with Gasteiger partial charge in [0.2, 0.25) is 5.91 Å². The summed E-state index contributed by atoms with van der Waals surface area (Å²) in [6.07, 6.45) is 3.02. The predicted molar refractivity (Wildman–Crippen MR) is 78.5 cm³/mol. The highest BCUT2D eigenvalue weighted by atomic mass is 16.5. The summed E-state index contributed by atoms with van der Waals surface area (Å²) in [5.41, 5.74) is -0.0784. The average Bonchev–Trinajstić information content (AvgIpc) is 3.00. The Balaban J connectivity index is 1.71. The van der Waals surface area contributed by atoms with Crippen LogP contribution in [0.5, 0.6) is 0 Å². The van der Waals surface area contributed by atoms with E-state index in [1.807, 2.05) is 0 Å². The molecule has 1 aliphatic rings. The lowest BCUT2D eigenvalue weighted by Crippen LogP contribution is -2.41. The Kier molecular flexibility index (Phi) is 4.47. The number of ether oxygens (including phenoxy) is 1. The van der Waals surface area contributed by atoms with Gasteiger partial charge in [-0.3, -0.25) is 14.2 Å². The molecule has 0 N–H and O–H groups in total. The summed E-state index contributed by atoms with van der Waals surface area (Å²) >= 11 is 0. The van der Waals surface area contributed by atoms with Gasteiger partial charge in [-0.15, -0.1) is 0 Å². The van der Waals surface area contributed by atoms with E-state index in [4.69, 9.17) is 9.26 Å². The van der Waals surface area contributed by atoms with Crippen LogP contribution in [0.2, 0.25) is 0 Å². The van der Waals surface area contributed by atoms with Crippen LogP contribution in [0.25, 0.3) is 11.5 Å². The van der Waals surface area contributed by atoms with E-state index in [1.165, 1.54) is 17.1 Å². The molecule has 1 amide bonds. The van der Waals surface area contributed by atoms with E-state index < -0.39 is 0 Å². The molecule has 1 fully saturated rings. The molecule has 1 saturated heterocycles. The molecule has 9 heteroatoms. The molecule has 0 bridgehead atoms. The van der Waals surface area contributed by atoms with Crippen LogP contribution in [0.3, 0.4) is 0 Å². The van der Waals surface area contributed by atoms with Gasteiger partial charge in [-0.1, -0.05) is 5.16 Å². The van der Waals surface area contributed by atoms with Crippen LogP contribution >= 0.6 is 0 Å². The lowest BCUT2D eigenvalue weighted by Gasteiger charge is -2.26. The molecule has 0 spiro atoms. The molecule has 0 unspecified atom stereocenters. The van der Waals surface area contributed by atoms with Crippen LogP contribution < -0.4 is 5.56 Å². The Morgan fingerprint density at radius 1 is 1.35 bits per heavy atom. The molecular formula is C14H17N5O4. The first-order chi connectivity index (χ1) is 11.1. The van der Waals surface area contributed by atoms with E-state index in [9.17, 15) is 9.59 Å². The van der Waals surface area contributed by atoms with Crippen molar-refractivity contribution in [2.45, 2.75) is 19.9 Å². The Labute approximate surface area is 131 Å². The number of rotatable bonds is 4. The number of morpholine rings is 1. The second kappa shape index (κ2) is 6.69. The number of amides is 1. The van der Waals surface area contributed by atoms with Crippen molar-refractivity contribution < 1.29 is 14.1 Å². The molecule has 9 nitrogen and oxygen atoms in total. The third-order valence-electron chi connectivity index (χ3n) is 3.59. The van der Waals surface area contributed by atoms with E-state index in [0.29, 0.717) is 32.1 Å². The van der Waals surface area contributed by atoms with Gasteiger partial charge in [-0.05, 0) is 6.92 Å². The van der Waals surface area contributed by atoms with Crippen LogP contribution in [0.15, 0.2) is 21.8 Å². The number of carbonyl (C=O) groups is 1. The summed E-state index contributed by atoms with van der Waals surface area (Å²) in [6, 6.07) is 0. The summed E-state index contributed by atoms with van der Waals surface area (Å²) in [4.78, 5) is 34.3. The minimum absolute atomic E-state index is 0.000706. The number of aromatic nitrogens is 4. The zero-order valence-corrected chi connectivity index (χ0v) is 12.8. The maximum atomic E-state index is 12.4. The van der Waals surface area contributed by atoms with Crippen molar-refractivity contribution in [3.05, 3.63) is 28.7 Å². The maximum absolute atomic E-state index is 12.4. The topological polar surface area (TPSA) is 103 Å². The lowest BCUT2D eigenvalue weighted by molar-refractivity contribution is -0.135. The molecule has 0 radical (unpaired) electrons. The predicted octanol–water partition coefficient (Wildman–Crippen LogP) is -0.149. The second-order valence-corrected chi connectivity index (χ2v) is 5.20. The molecule has 0 saturated carbocycles. The molecule has 2 aromatic rings. The molecule has 0 aliphatic carbocycles. The molecule has 2 aromatic heterocycles. The Bertz CT molecular complexity index is 748.